The van der Waals surface area contributed by atoms with Crippen molar-refractivity contribution in [1.82, 2.24) is 9.97 Å². The summed E-state index contributed by atoms with van der Waals surface area (Å²) in [7, 11) is 0. The highest BCUT2D eigenvalue weighted by molar-refractivity contribution is 7.09. The van der Waals surface area contributed by atoms with Crippen molar-refractivity contribution in [2.24, 2.45) is 0 Å². The first-order chi connectivity index (χ1) is 6.74. The molecule has 0 spiro atoms. The van der Waals surface area contributed by atoms with E-state index in [0.717, 1.165) is 4.88 Å². The minimum atomic E-state index is -0.455. The zero-order valence-corrected chi connectivity index (χ0v) is 8.06. The van der Waals surface area contributed by atoms with E-state index in [2.05, 4.69) is 9.97 Å². The first-order valence-corrected chi connectivity index (χ1v) is 4.97. The van der Waals surface area contributed by atoms with Gasteiger partial charge in [-0.1, -0.05) is 6.07 Å². The van der Waals surface area contributed by atoms with Crippen LogP contribution in [0.3, 0.4) is 0 Å². The summed E-state index contributed by atoms with van der Waals surface area (Å²) < 4.78 is 0. The van der Waals surface area contributed by atoms with Crippen LogP contribution in [-0.4, -0.2) is 9.97 Å². The van der Waals surface area contributed by atoms with E-state index in [9.17, 15) is 9.59 Å². The first kappa shape index (κ1) is 8.96. The van der Waals surface area contributed by atoms with E-state index in [1.165, 1.54) is 6.07 Å². The maximum atomic E-state index is 11.0. The quantitative estimate of drug-likeness (QED) is 0.763. The van der Waals surface area contributed by atoms with Gasteiger partial charge in [0.05, 0.1) is 0 Å². The summed E-state index contributed by atoms with van der Waals surface area (Å²) in [5.41, 5.74) is -0.175. The highest BCUT2D eigenvalue weighted by atomic mass is 32.1. The second kappa shape index (κ2) is 3.63. The van der Waals surface area contributed by atoms with Crippen LogP contribution in [0.4, 0.5) is 0 Å². The monoisotopic (exact) mass is 208 g/mol. The lowest BCUT2D eigenvalue weighted by Gasteiger charge is -1.96. The fourth-order valence-corrected chi connectivity index (χ4v) is 1.94. The van der Waals surface area contributed by atoms with Crippen LogP contribution in [0.2, 0.25) is 0 Å². The average molecular weight is 208 g/mol. The third kappa shape index (κ3) is 2.00. The zero-order chi connectivity index (χ0) is 9.97. The molecule has 5 heteroatoms. The Balaban J connectivity index is 2.34. The van der Waals surface area contributed by atoms with E-state index in [-0.39, 0.29) is 5.56 Å². The predicted octanol–water partition coefficient (Wildman–Crippen LogP) is 0.715. The molecule has 4 nitrogen and oxygen atoms in total. The van der Waals surface area contributed by atoms with Gasteiger partial charge in [0.2, 0.25) is 0 Å². The van der Waals surface area contributed by atoms with Crippen LogP contribution in [0, 0.1) is 0 Å². The number of thiophene rings is 1. The zero-order valence-electron chi connectivity index (χ0n) is 7.24. The fraction of sp³-hybridized carbons (Fsp3) is 0.111. The number of hydrogen-bond acceptors (Lipinski definition) is 3. The van der Waals surface area contributed by atoms with Gasteiger partial charge in [-0.3, -0.25) is 9.78 Å². The third-order valence-corrected chi connectivity index (χ3v) is 2.64. The molecule has 0 aliphatic heterocycles. The van der Waals surface area contributed by atoms with Gasteiger partial charge in [-0.2, -0.15) is 0 Å². The van der Waals surface area contributed by atoms with Crippen molar-refractivity contribution >= 4 is 11.3 Å². The lowest BCUT2D eigenvalue weighted by atomic mass is 10.2. The molecule has 72 valence electrons. The second-order valence-corrected chi connectivity index (χ2v) is 3.90. The van der Waals surface area contributed by atoms with Crippen LogP contribution in [0.5, 0.6) is 0 Å². The van der Waals surface area contributed by atoms with Gasteiger partial charge in [-0.25, -0.2) is 4.79 Å². The van der Waals surface area contributed by atoms with Crippen molar-refractivity contribution in [3.05, 3.63) is 55.0 Å². The summed E-state index contributed by atoms with van der Waals surface area (Å²) in [6.45, 7) is 0. The molecule has 0 saturated carbocycles. The maximum absolute atomic E-state index is 11.0. The maximum Gasteiger partial charge on any atom is 0.325 e. The molecule has 2 aromatic rings. The smallest absolute Gasteiger partial charge is 0.311 e. The molecular formula is C9H8N2O2S. The van der Waals surface area contributed by atoms with Crippen molar-refractivity contribution in [3.63, 3.8) is 0 Å². The molecule has 0 saturated heterocycles. The summed E-state index contributed by atoms with van der Waals surface area (Å²) in [5.74, 6) is 0. The summed E-state index contributed by atoms with van der Waals surface area (Å²) in [4.78, 5) is 27.7. The molecule has 2 heterocycles. The summed E-state index contributed by atoms with van der Waals surface area (Å²) in [5, 5.41) is 1.96. The molecule has 0 unspecified atom stereocenters. The molecule has 14 heavy (non-hydrogen) atoms. The fourth-order valence-electron chi connectivity index (χ4n) is 1.22. The van der Waals surface area contributed by atoms with Gasteiger partial charge < -0.3 is 4.98 Å². The lowest BCUT2D eigenvalue weighted by molar-refractivity contribution is 0.960. The van der Waals surface area contributed by atoms with Crippen molar-refractivity contribution < 1.29 is 0 Å². The minimum absolute atomic E-state index is 0.361. The SMILES string of the molecule is O=c1cc(Cc2cccs2)[nH]c(=O)[nH]1. The number of nitrogens with one attached hydrogen (secondary N) is 2. The average Bonchev–Trinajstić information content (AvgIpc) is 2.54. The number of rotatable bonds is 2. The molecule has 0 atom stereocenters. The van der Waals surface area contributed by atoms with E-state index in [4.69, 9.17) is 0 Å². The Kier molecular flexibility index (Phi) is 2.32. The Bertz CT molecular complexity index is 496. The van der Waals surface area contributed by atoms with Crippen LogP contribution in [0.1, 0.15) is 10.6 Å². The van der Waals surface area contributed by atoms with Crippen LogP contribution in [0.25, 0.3) is 0 Å². The summed E-state index contributed by atoms with van der Waals surface area (Å²) in [6.07, 6.45) is 0.594. The van der Waals surface area contributed by atoms with Crippen molar-refractivity contribution in [2.45, 2.75) is 6.42 Å². The van der Waals surface area contributed by atoms with Gasteiger partial charge in [-0.15, -0.1) is 11.3 Å². The molecule has 2 N–H and O–H groups in total. The van der Waals surface area contributed by atoms with Gasteiger partial charge >= 0.3 is 5.69 Å². The Morgan fingerprint density at radius 3 is 2.79 bits per heavy atom. The van der Waals surface area contributed by atoms with Crippen LogP contribution >= 0.6 is 11.3 Å². The highest BCUT2D eigenvalue weighted by Crippen LogP contribution is 2.11. The Morgan fingerprint density at radius 2 is 2.14 bits per heavy atom. The predicted molar refractivity (Wildman–Crippen MR) is 54.8 cm³/mol. The van der Waals surface area contributed by atoms with Crippen molar-refractivity contribution in [3.8, 4) is 0 Å². The first-order valence-electron chi connectivity index (χ1n) is 4.09. The normalized spacial score (nSPS) is 10.3. The number of H-pyrrole nitrogens is 2. The van der Waals surface area contributed by atoms with Gasteiger partial charge in [0.1, 0.15) is 0 Å². The standard InChI is InChI=1S/C9H8N2O2S/c12-8-5-6(10-9(13)11-8)4-7-2-1-3-14-7/h1-3,5H,4H2,(H2,10,11,12,13). The van der Waals surface area contributed by atoms with Crippen molar-refractivity contribution in [1.29, 1.82) is 0 Å². The molecule has 0 aliphatic carbocycles. The van der Waals surface area contributed by atoms with E-state index >= 15 is 0 Å². The van der Waals surface area contributed by atoms with E-state index in [0.29, 0.717) is 12.1 Å². The van der Waals surface area contributed by atoms with E-state index < -0.39 is 5.69 Å². The third-order valence-electron chi connectivity index (χ3n) is 1.76. The molecule has 0 amide bonds. The van der Waals surface area contributed by atoms with Crippen LogP contribution in [0.15, 0.2) is 33.2 Å². The topological polar surface area (TPSA) is 65.7 Å². The molecule has 0 radical (unpaired) electrons. The van der Waals surface area contributed by atoms with Gasteiger partial charge in [0.15, 0.2) is 0 Å². The largest absolute Gasteiger partial charge is 0.325 e. The summed E-state index contributed by atoms with van der Waals surface area (Å²) in [6, 6.07) is 5.30. The molecule has 0 aromatic carbocycles. The van der Waals surface area contributed by atoms with E-state index in [1.807, 2.05) is 17.5 Å². The van der Waals surface area contributed by atoms with Crippen LogP contribution in [-0.2, 0) is 6.42 Å². The minimum Gasteiger partial charge on any atom is -0.311 e. The number of hydrogen-bond donors (Lipinski definition) is 2. The Hall–Kier alpha value is -1.62. The molecular weight excluding hydrogens is 200 g/mol. The van der Waals surface area contributed by atoms with Gasteiger partial charge in [0.25, 0.3) is 5.56 Å². The molecule has 0 bridgehead atoms. The lowest BCUT2D eigenvalue weighted by Crippen LogP contribution is -2.22. The summed E-state index contributed by atoms with van der Waals surface area (Å²) >= 11 is 1.60. The highest BCUT2D eigenvalue weighted by Gasteiger charge is 1.99. The van der Waals surface area contributed by atoms with E-state index in [1.54, 1.807) is 11.3 Å². The number of aromatic nitrogens is 2. The van der Waals surface area contributed by atoms with Gasteiger partial charge in [0, 0.05) is 23.1 Å². The van der Waals surface area contributed by atoms with Gasteiger partial charge in [-0.05, 0) is 11.4 Å². The van der Waals surface area contributed by atoms with Crippen molar-refractivity contribution in [2.75, 3.05) is 0 Å². The number of aromatic amines is 2. The molecule has 0 fully saturated rings. The Morgan fingerprint density at radius 1 is 1.29 bits per heavy atom. The molecule has 2 rings (SSSR count). The molecule has 0 aliphatic rings. The van der Waals surface area contributed by atoms with Crippen LogP contribution < -0.4 is 11.2 Å². The Labute approximate surface area is 83.3 Å². The molecule has 2 aromatic heterocycles. The second-order valence-electron chi connectivity index (χ2n) is 2.87.